The Morgan fingerprint density at radius 3 is 2.19 bits per heavy atom. The number of hydrogen-bond donors (Lipinski definition) is 2. The molecular formula is C8H20N2O4S2. The second-order valence-electron chi connectivity index (χ2n) is 3.90. The highest BCUT2D eigenvalue weighted by molar-refractivity contribution is 7.93. The Bertz CT molecular complexity index is 388. The van der Waals surface area contributed by atoms with Gasteiger partial charge in [-0.15, -0.1) is 0 Å². The molecule has 16 heavy (non-hydrogen) atoms. The van der Waals surface area contributed by atoms with E-state index in [-0.39, 0.29) is 11.8 Å². The first kappa shape index (κ1) is 15.8. The minimum atomic E-state index is -3.51. The van der Waals surface area contributed by atoms with Crippen LogP contribution in [-0.2, 0) is 19.9 Å². The van der Waals surface area contributed by atoms with Gasteiger partial charge in [0, 0.05) is 12.3 Å². The third kappa shape index (κ3) is 9.08. The average Bonchev–Trinajstić information content (AvgIpc) is 2.10. The Balaban J connectivity index is 4.15. The van der Waals surface area contributed by atoms with E-state index in [1.165, 1.54) is 0 Å². The Morgan fingerprint density at radius 1 is 1.19 bits per heavy atom. The van der Waals surface area contributed by atoms with Gasteiger partial charge in [0.15, 0.2) is 0 Å². The number of rotatable bonds is 8. The second-order valence-corrected chi connectivity index (χ2v) is 8.03. The van der Waals surface area contributed by atoms with Crippen LogP contribution in [0.4, 0.5) is 0 Å². The highest BCUT2D eigenvalue weighted by atomic mass is 32.2. The Hall–Kier alpha value is -0.180. The van der Waals surface area contributed by atoms with Crippen molar-refractivity contribution in [1.29, 1.82) is 0 Å². The molecule has 0 aliphatic carbocycles. The summed E-state index contributed by atoms with van der Waals surface area (Å²) >= 11 is 0. The lowest BCUT2D eigenvalue weighted by atomic mass is 10.2. The van der Waals surface area contributed by atoms with E-state index < -0.39 is 25.6 Å². The van der Waals surface area contributed by atoms with Crippen LogP contribution in [0.5, 0.6) is 0 Å². The van der Waals surface area contributed by atoms with Crippen LogP contribution < -0.4 is 10.5 Å². The summed E-state index contributed by atoms with van der Waals surface area (Å²) in [6.07, 6.45) is 2.39. The second kappa shape index (κ2) is 6.53. The summed E-state index contributed by atoms with van der Waals surface area (Å²) in [6, 6.07) is -0.215. The van der Waals surface area contributed by atoms with E-state index in [9.17, 15) is 16.8 Å². The zero-order valence-electron chi connectivity index (χ0n) is 9.64. The molecule has 0 amide bonds. The molecule has 3 N–H and O–H groups in total. The molecule has 0 heterocycles. The zero-order chi connectivity index (χ0) is 12.8. The number of sulfone groups is 1. The number of hydrogen-bond acceptors (Lipinski definition) is 5. The van der Waals surface area contributed by atoms with Crippen molar-refractivity contribution in [3.8, 4) is 0 Å². The van der Waals surface area contributed by atoms with Crippen LogP contribution in [0.2, 0.25) is 0 Å². The van der Waals surface area contributed by atoms with Gasteiger partial charge in [0.25, 0.3) is 0 Å². The van der Waals surface area contributed by atoms with Crippen LogP contribution >= 0.6 is 0 Å². The van der Waals surface area contributed by atoms with E-state index in [0.717, 1.165) is 12.7 Å². The summed E-state index contributed by atoms with van der Waals surface area (Å²) in [6.45, 7) is 2.24. The Labute approximate surface area is 97.6 Å². The lowest BCUT2D eigenvalue weighted by Gasteiger charge is -2.13. The molecule has 1 atom stereocenters. The molecule has 1 unspecified atom stereocenters. The average molecular weight is 272 g/mol. The number of nitrogens with two attached hydrogens (primary N) is 1. The topological polar surface area (TPSA) is 106 Å². The van der Waals surface area contributed by atoms with Gasteiger partial charge in [-0.1, -0.05) is 0 Å². The van der Waals surface area contributed by atoms with Crippen molar-refractivity contribution in [2.45, 2.75) is 25.8 Å². The molecule has 0 aromatic heterocycles. The molecule has 0 aromatic rings. The van der Waals surface area contributed by atoms with E-state index in [1.54, 1.807) is 6.92 Å². The van der Waals surface area contributed by atoms with Crippen molar-refractivity contribution in [2.24, 2.45) is 5.73 Å². The predicted octanol–water partition coefficient (Wildman–Crippen LogP) is -0.922. The lowest BCUT2D eigenvalue weighted by Crippen LogP contribution is -2.36. The van der Waals surface area contributed by atoms with Crippen LogP contribution in [-0.4, -0.2) is 47.2 Å². The molecule has 0 saturated heterocycles. The molecule has 0 aromatic carbocycles. The maximum atomic E-state index is 11.4. The van der Waals surface area contributed by atoms with E-state index in [2.05, 4.69) is 4.72 Å². The maximum Gasteiger partial charge on any atom is 0.212 e. The molecular weight excluding hydrogens is 252 g/mol. The van der Waals surface area contributed by atoms with Gasteiger partial charge in [0.05, 0.1) is 11.5 Å². The summed E-state index contributed by atoms with van der Waals surface area (Å²) in [4.78, 5) is 0. The predicted molar refractivity (Wildman–Crippen MR) is 64.4 cm³/mol. The maximum absolute atomic E-state index is 11.4. The summed E-state index contributed by atoms with van der Waals surface area (Å²) in [7, 11) is -6.76. The van der Waals surface area contributed by atoms with Crippen molar-refractivity contribution < 1.29 is 16.8 Å². The SMILES string of the molecule is CC(CCCN)NS(=O)(=O)CCS(C)(=O)=O. The van der Waals surface area contributed by atoms with Crippen LogP contribution in [0, 0.1) is 0 Å². The molecule has 0 rings (SSSR count). The summed E-state index contributed by atoms with van der Waals surface area (Å²) in [5.74, 6) is -0.745. The fraction of sp³-hybridized carbons (Fsp3) is 1.00. The normalized spacial score (nSPS) is 14.9. The summed E-state index contributed by atoms with van der Waals surface area (Å²) in [5, 5.41) is 0. The van der Waals surface area contributed by atoms with Gasteiger partial charge in [-0.25, -0.2) is 21.6 Å². The number of nitrogens with one attached hydrogen (secondary N) is 1. The van der Waals surface area contributed by atoms with Crippen molar-refractivity contribution >= 4 is 19.9 Å². The molecule has 0 saturated carbocycles. The van der Waals surface area contributed by atoms with Crippen LogP contribution in [0.25, 0.3) is 0 Å². The smallest absolute Gasteiger partial charge is 0.212 e. The van der Waals surface area contributed by atoms with E-state index in [4.69, 9.17) is 5.73 Å². The van der Waals surface area contributed by atoms with Gasteiger partial charge in [-0.2, -0.15) is 0 Å². The molecule has 0 radical (unpaired) electrons. The minimum Gasteiger partial charge on any atom is -0.330 e. The standard InChI is InChI=1S/C8H20N2O4S2/c1-8(4-3-5-9)10-16(13,14)7-6-15(2,11)12/h8,10H,3-7,9H2,1-2H3. The molecule has 0 spiro atoms. The van der Waals surface area contributed by atoms with E-state index in [1.807, 2.05) is 0 Å². The van der Waals surface area contributed by atoms with Gasteiger partial charge in [0.2, 0.25) is 10.0 Å². The van der Waals surface area contributed by atoms with Gasteiger partial charge in [-0.3, -0.25) is 0 Å². The van der Waals surface area contributed by atoms with Crippen LogP contribution in [0.3, 0.4) is 0 Å². The first-order valence-electron chi connectivity index (χ1n) is 5.04. The van der Waals surface area contributed by atoms with Crippen LogP contribution in [0.1, 0.15) is 19.8 Å². The zero-order valence-corrected chi connectivity index (χ0v) is 11.3. The molecule has 0 aliphatic heterocycles. The summed E-state index contributed by atoms with van der Waals surface area (Å²) < 4.78 is 47.0. The van der Waals surface area contributed by atoms with Crippen molar-refractivity contribution in [2.75, 3.05) is 24.3 Å². The van der Waals surface area contributed by atoms with Gasteiger partial charge in [0.1, 0.15) is 9.84 Å². The number of sulfonamides is 1. The Morgan fingerprint density at radius 2 is 1.75 bits per heavy atom. The fourth-order valence-electron chi connectivity index (χ4n) is 1.11. The first-order valence-corrected chi connectivity index (χ1v) is 8.75. The minimum absolute atomic E-state index is 0.215. The third-order valence-corrected chi connectivity index (χ3v) is 4.65. The van der Waals surface area contributed by atoms with Crippen molar-refractivity contribution in [1.82, 2.24) is 4.72 Å². The van der Waals surface area contributed by atoms with Gasteiger partial charge < -0.3 is 5.73 Å². The quantitative estimate of drug-likeness (QED) is 0.594. The molecule has 0 bridgehead atoms. The molecule has 0 aliphatic rings. The van der Waals surface area contributed by atoms with E-state index in [0.29, 0.717) is 13.0 Å². The van der Waals surface area contributed by atoms with Crippen molar-refractivity contribution in [3.05, 3.63) is 0 Å². The Kier molecular flexibility index (Phi) is 6.46. The largest absolute Gasteiger partial charge is 0.330 e. The highest BCUT2D eigenvalue weighted by Crippen LogP contribution is 1.98. The first-order chi connectivity index (χ1) is 7.16. The van der Waals surface area contributed by atoms with Gasteiger partial charge in [-0.05, 0) is 26.3 Å². The van der Waals surface area contributed by atoms with Crippen molar-refractivity contribution in [3.63, 3.8) is 0 Å². The van der Waals surface area contributed by atoms with Crippen LogP contribution in [0.15, 0.2) is 0 Å². The summed E-state index contributed by atoms with van der Waals surface area (Å²) in [5.41, 5.74) is 5.30. The third-order valence-electron chi connectivity index (χ3n) is 1.94. The molecule has 0 fully saturated rings. The molecule has 6 nitrogen and oxygen atoms in total. The molecule has 98 valence electrons. The molecule has 8 heteroatoms. The van der Waals surface area contributed by atoms with Gasteiger partial charge >= 0.3 is 0 Å². The monoisotopic (exact) mass is 272 g/mol. The lowest BCUT2D eigenvalue weighted by molar-refractivity contribution is 0.539. The highest BCUT2D eigenvalue weighted by Gasteiger charge is 2.16. The van der Waals surface area contributed by atoms with E-state index >= 15 is 0 Å². The fourth-order valence-corrected chi connectivity index (χ4v) is 4.05.